The second kappa shape index (κ2) is 6.37. The Morgan fingerprint density at radius 1 is 1.00 bits per heavy atom. The molecule has 0 radical (unpaired) electrons. The summed E-state index contributed by atoms with van der Waals surface area (Å²) >= 11 is 0. The minimum absolute atomic E-state index is 0.830. The van der Waals surface area contributed by atoms with E-state index in [1.807, 2.05) is 13.1 Å². The van der Waals surface area contributed by atoms with Gasteiger partial charge in [-0.15, -0.1) is 0 Å². The quantitative estimate of drug-likeness (QED) is 0.867. The fourth-order valence-electron chi connectivity index (χ4n) is 1.99. The van der Waals surface area contributed by atoms with E-state index in [0.717, 1.165) is 36.0 Å². The molecule has 1 aromatic carbocycles. The number of nitrogens with one attached hydrogen (secondary N) is 2. The van der Waals surface area contributed by atoms with E-state index in [-0.39, 0.29) is 0 Å². The molecule has 0 aliphatic rings. The van der Waals surface area contributed by atoms with E-state index in [1.165, 1.54) is 11.1 Å². The van der Waals surface area contributed by atoms with E-state index in [2.05, 4.69) is 59.6 Å². The Morgan fingerprint density at radius 3 is 2.40 bits per heavy atom. The molecule has 1 heterocycles. The third-order valence-electron chi connectivity index (χ3n) is 3.28. The van der Waals surface area contributed by atoms with Crippen molar-refractivity contribution in [3.8, 4) is 0 Å². The lowest BCUT2D eigenvalue weighted by molar-refractivity contribution is 0.838. The average Bonchev–Trinajstić information content (AvgIpc) is 2.43. The molecule has 1 aromatic heterocycles. The molecule has 0 atom stereocenters. The molecule has 2 N–H and O–H groups in total. The van der Waals surface area contributed by atoms with Crippen LogP contribution in [-0.2, 0) is 6.42 Å². The van der Waals surface area contributed by atoms with Gasteiger partial charge >= 0.3 is 0 Å². The van der Waals surface area contributed by atoms with Crippen LogP contribution in [0.15, 0.2) is 24.3 Å². The first-order chi connectivity index (χ1) is 9.62. The zero-order valence-corrected chi connectivity index (χ0v) is 12.6. The lowest BCUT2D eigenvalue weighted by atomic mass is 10.1. The van der Waals surface area contributed by atoms with Crippen LogP contribution in [-0.4, -0.2) is 17.0 Å². The number of nitrogens with zero attached hydrogens (tertiary/aromatic N) is 2. The summed E-state index contributed by atoms with van der Waals surface area (Å²) in [6, 6.07) is 8.25. The first-order valence-corrected chi connectivity index (χ1v) is 7.02. The summed E-state index contributed by atoms with van der Waals surface area (Å²) in [5.41, 5.74) is 3.61. The van der Waals surface area contributed by atoms with Crippen molar-refractivity contribution >= 4 is 17.3 Å². The van der Waals surface area contributed by atoms with E-state index in [9.17, 15) is 0 Å². The predicted molar refractivity (Wildman–Crippen MR) is 84.8 cm³/mol. The fourth-order valence-corrected chi connectivity index (χ4v) is 1.99. The van der Waals surface area contributed by atoms with Gasteiger partial charge in [-0.25, -0.2) is 9.97 Å². The molecule has 0 saturated heterocycles. The molecule has 0 fully saturated rings. The molecule has 0 bridgehead atoms. The molecular formula is C16H22N4. The Bertz CT molecular complexity index is 593. The maximum absolute atomic E-state index is 4.56. The summed E-state index contributed by atoms with van der Waals surface area (Å²) < 4.78 is 0. The van der Waals surface area contributed by atoms with Crippen LogP contribution in [0.3, 0.4) is 0 Å². The summed E-state index contributed by atoms with van der Waals surface area (Å²) in [7, 11) is 1.87. The maximum Gasteiger partial charge on any atom is 0.136 e. The number of hydrogen-bond acceptors (Lipinski definition) is 4. The van der Waals surface area contributed by atoms with Crippen LogP contribution in [0.25, 0.3) is 0 Å². The third kappa shape index (κ3) is 3.47. The Balaban J connectivity index is 2.27. The van der Waals surface area contributed by atoms with Crippen molar-refractivity contribution in [3.05, 3.63) is 41.2 Å². The van der Waals surface area contributed by atoms with E-state index in [1.54, 1.807) is 0 Å². The predicted octanol–water partition coefficient (Wildman–Crippen LogP) is 3.83. The number of aryl methyl sites for hydroxylation is 3. The van der Waals surface area contributed by atoms with Gasteiger partial charge in [0.2, 0.25) is 0 Å². The zero-order chi connectivity index (χ0) is 14.5. The number of aromatic nitrogens is 2. The number of benzene rings is 1. The molecule has 20 heavy (non-hydrogen) atoms. The number of rotatable bonds is 5. The van der Waals surface area contributed by atoms with Gasteiger partial charge in [0.25, 0.3) is 0 Å². The van der Waals surface area contributed by atoms with Crippen LogP contribution < -0.4 is 10.6 Å². The van der Waals surface area contributed by atoms with Gasteiger partial charge in [0, 0.05) is 25.2 Å². The summed E-state index contributed by atoms with van der Waals surface area (Å²) in [4.78, 5) is 9.01. The molecular weight excluding hydrogens is 248 g/mol. The SMILES string of the molecule is CCCc1nc(NC)cc(Nc2ccc(C)c(C)c2)n1. The lowest BCUT2D eigenvalue weighted by Gasteiger charge is -2.11. The van der Waals surface area contributed by atoms with Gasteiger partial charge in [0.1, 0.15) is 17.5 Å². The van der Waals surface area contributed by atoms with E-state index in [0.29, 0.717) is 0 Å². The highest BCUT2D eigenvalue weighted by molar-refractivity contribution is 5.60. The first kappa shape index (κ1) is 14.3. The fraction of sp³-hybridized carbons (Fsp3) is 0.375. The largest absolute Gasteiger partial charge is 0.373 e. The smallest absolute Gasteiger partial charge is 0.136 e. The van der Waals surface area contributed by atoms with Crippen molar-refractivity contribution in [1.29, 1.82) is 0 Å². The van der Waals surface area contributed by atoms with Gasteiger partial charge in [-0.3, -0.25) is 0 Å². The van der Waals surface area contributed by atoms with Crippen LogP contribution in [0.2, 0.25) is 0 Å². The lowest BCUT2D eigenvalue weighted by Crippen LogP contribution is -2.04. The van der Waals surface area contributed by atoms with Crippen LogP contribution in [0, 0.1) is 13.8 Å². The van der Waals surface area contributed by atoms with Crippen molar-refractivity contribution in [2.75, 3.05) is 17.7 Å². The summed E-state index contributed by atoms with van der Waals surface area (Å²) in [6.45, 7) is 6.36. The first-order valence-electron chi connectivity index (χ1n) is 7.02. The highest BCUT2D eigenvalue weighted by Crippen LogP contribution is 2.20. The van der Waals surface area contributed by atoms with Gasteiger partial charge in [-0.1, -0.05) is 13.0 Å². The van der Waals surface area contributed by atoms with Crippen molar-refractivity contribution < 1.29 is 0 Å². The zero-order valence-electron chi connectivity index (χ0n) is 12.6. The second-order valence-electron chi connectivity index (χ2n) is 4.98. The Hall–Kier alpha value is -2.10. The number of hydrogen-bond donors (Lipinski definition) is 2. The minimum atomic E-state index is 0.830. The van der Waals surface area contributed by atoms with Gasteiger partial charge in [-0.2, -0.15) is 0 Å². The monoisotopic (exact) mass is 270 g/mol. The third-order valence-corrected chi connectivity index (χ3v) is 3.28. The normalized spacial score (nSPS) is 10.4. The molecule has 106 valence electrons. The van der Waals surface area contributed by atoms with E-state index < -0.39 is 0 Å². The average molecular weight is 270 g/mol. The van der Waals surface area contributed by atoms with Gasteiger partial charge in [0.15, 0.2) is 0 Å². The summed E-state index contributed by atoms with van der Waals surface area (Å²) in [5, 5.41) is 6.44. The molecule has 2 rings (SSSR count). The van der Waals surface area contributed by atoms with Crippen LogP contribution >= 0.6 is 0 Å². The Kier molecular flexibility index (Phi) is 4.56. The van der Waals surface area contributed by atoms with Crippen molar-refractivity contribution in [3.63, 3.8) is 0 Å². The molecule has 2 aromatic rings. The highest BCUT2D eigenvalue weighted by Gasteiger charge is 2.04. The van der Waals surface area contributed by atoms with Crippen molar-refractivity contribution in [1.82, 2.24) is 9.97 Å². The molecule has 0 amide bonds. The minimum Gasteiger partial charge on any atom is -0.373 e. The summed E-state index contributed by atoms with van der Waals surface area (Å²) in [6.07, 6.45) is 1.92. The topological polar surface area (TPSA) is 49.8 Å². The highest BCUT2D eigenvalue weighted by atomic mass is 15.1. The molecule has 0 spiro atoms. The number of anilines is 3. The maximum atomic E-state index is 4.56. The molecule has 0 aliphatic heterocycles. The van der Waals surface area contributed by atoms with E-state index in [4.69, 9.17) is 0 Å². The standard InChI is InChI=1S/C16H22N4/c1-5-6-14-19-15(17-4)10-16(20-14)18-13-8-7-11(2)12(3)9-13/h7-10H,5-6H2,1-4H3,(H2,17,18,19,20). The molecule has 4 heteroatoms. The van der Waals surface area contributed by atoms with Crippen LogP contribution in [0.1, 0.15) is 30.3 Å². The van der Waals surface area contributed by atoms with Crippen molar-refractivity contribution in [2.45, 2.75) is 33.6 Å². The van der Waals surface area contributed by atoms with Crippen molar-refractivity contribution in [2.24, 2.45) is 0 Å². The van der Waals surface area contributed by atoms with Gasteiger partial charge in [-0.05, 0) is 43.5 Å². The van der Waals surface area contributed by atoms with Crippen LogP contribution in [0.5, 0.6) is 0 Å². The Morgan fingerprint density at radius 2 is 1.75 bits per heavy atom. The van der Waals surface area contributed by atoms with Gasteiger partial charge < -0.3 is 10.6 Å². The van der Waals surface area contributed by atoms with Crippen LogP contribution in [0.4, 0.5) is 17.3 Å². The summed E-state index contributed by atoms with van der Waals surface area (Å²) in [5.74, 6) is 2.54. The Labute approximate surface area is 120 Å². The molecule has 4 nitrogen and oxygen atoms in total. The molecule has 0 aliphatic carbocycles. The molecule has 0 saturated carbocycles. The second-order valence-corrected chi connectivity index (χ2v) is 4.98. The van der Waals surface area contributed by atoms with Gasteiger partial charge in [0.05, 0.1) is 0 Å². The van der Waals surface area contributed by atoms with E-state index >= 15 is 0 Å². The molecule has 0 unspecified atom stereocenters.